The minimum atomic E-state index is -0.00285. The zero-order valence-corrected chi connectivity index (χ0v) is 24.9. The number of hydrogen-bond acceptors (Lipinski definition) is 0. The first-order valence-electron chi connectivity index (χ1n) is 16.0. The molecule has 0 amide bonds. The lowest BCUT2D eigenvalue weighted by Gasteiger charge is -2.28. The summed E-state index contributed by atoms with van der Waals surface area (Å²) in [6, 6.07) is 56.6. The molecular weight excluding hydrogens is 540 g/mol. The maximum atomic E-state index is 2.46. The van der Waals surface area contributed by atoms with Gasteiger partial charge in [0, 0.05) is 5.41 Å². The highest BCUT2D eigenvalue weighted by atomic mass is 14.6. The van der Waals surface area contributed by atoms with Crippen LogP contribution in [-0.2, 0) is 5.41 Å². The molecule has 0 N–H and O–H groups in total. The van der Waals surface area contributed by atoms with Crippen molar-refractivity contribution in [1.82, 2.24) is 0 Å². The Morgan fingerprint density at radius 2 is 1.16 bits per heavy atom. The Morgan fingerprint density at radius 3 is 2.07 bits per heavy atom. The van der Waals surface area contributed by atoms with Gasteiger partial charge in [-0.2, -0.15) is 0 Å². The van der Waals surface area contributed by atoms with Gasteiger partial charge in [0.15, 0.2) is 0 Å². The maximum absolute atomic E-state index is 2.46. The number of benzene rings is 8. The molecule has 10 rings (SSSR count). The molecule has 0 heteroatoms. The zero-order valence-electron chi connectivity index (χ0n) is 24.9. The molecule has 2 atom stereocenters. The summed E-state index contributed by atoms with van der Waals surface area (Å²) in [5, 5.41) is 10.6. The third-order valence-corrected chi connectivity index (χ3v) is 10.6. The van der Waals surface area contributed by atoms with Gasteiger partial charge in [-0.1, -0.05) is 152 Å². The summed E-state index contributed by atoms with van der Waals surface area (Å²) in [6.45, 7) is 0. The van der Waals surface area contributed by atoms with E-state index in [2.05, 4.69) is 164 Å². The van der Waals surface area contributed by atoms with Crippen LogP contribution < -0.4 is 0 Å². The summed E-state index contributed by atoms with van der Waals surface area (Å²) in [5.41, 5.74) is 9.41. The van der Waals surface area contributed by atoms with Gasteiger partial charge in [0.25, 0.3) is 0 Å². The highest BCUT2D eigenvalue weighted by Crippen LogP contribution is 2.65. The van der Waals surface area contributed by atoms with Gasteiger partial charge in [-0.25, -0.2) is 0 Å². The van der Waals surface area contributed by atoms with E-state index in [1.54, 1.807) is 0 Å². The molecule has 0 nitrogen and oxygen atoms in total. The molecule has 1 saturated carbocycles. The highest BCUT2D eigenvalue weighted by Gasteiger charge is 2.58. The summed E-state index contributed by atoms with van der Waals surface area (Å²) < 4.78 is 0. The maximum Gasteiger partial charge on any atom is 0.0290 e. The molecular formula is C45H30. The number of allylic oxidation sites excluding steroid dienone is 1. The minimum Gasteiger partial charge on any atom is -0.0795 e. The van der Waals surface area contributed by atoms with Crippen LogP contribution in [0.2, 0.25) is 0 Å². The summed E-state index contributed by atoms with van der Waals surface area (Å²) in [7, 11) is 0. The highest BCUT2D eigenvalue weighted by molar-refractivity contribution is 6.24. The van der Waals surface area contributed by atoms with E-state index < -0.39 is 0 Å². The Morgan fingerprint density at radius 1 is 0.467 bits per heavy atom. The van der Waals surface area contributed by atoms with Crippen LogP contribution in [0.15, 0.2) is 158 Å². The number of hydrogen-bond donors (Lipinski definition) is 0. The quantitative estimate of drug-likeness (QED) is 0.146. The van der Waals surface area contributed by atoms with Gasteiger partial charge in [-0.05, 0) is 107 Å². The van der Waals surface area contributed by atoms with E-state index >= 15 is 0 Å². The van der Waals surface area contributed by atoms with Crippen molar-refractivity contribution in [2.75, 3.05) is 0 Å². The fourth-order valence-corrected chi connectivity index (χ4v) is 8.47. The molecule has 1 fully saturated rings. The molecule has 0 bridgehead atoms. The van der Waals surface area contributed by atoms with Gasteiger partial charge in [0.2, 0.25) is 0 Å². The third-order valence-electron chi connectivity index (χ3n) is 10.6. The summed E-state index contributed by atoms with van der Waals surface area (Å²) in [5.74, 6) is 0.521. The van der Waals surface area contributed by atoms with E-state index in [9.17, 15) is 0 Å². The van der Waals surface area contributed by atoms with Crippen LogP contribution in [0, 0.1) is 5.92 Å². The predicted molar refractivity (Wildman–Crippen MR) is 192 cm³/mol. The largest absolute Gasteiger partial charge is 0.0795 e. The smallest absolute Gasteiger partial charge is 0.0290 e. The molecule has 0 aliphatic heterocycles. The zero-order chi connectivity index (χ0) is 29.5. The molecule has 2 unspecified atom stereocenters. The van der Waals surface area contributed by atoms with E-state index in [-0.39, 0.29) is 5.41 Å². The third kappa shape index (κ3) is 3.54. The second kappa shape index (κ2) is 9.27. The molecule has 8 aromatic carbocycles. The molecule has 2 aliphatic rings. The van der Waals surface area contributed by atoms with Crippen molar-refractivity contribution in [2.24, 2.45) is 5.92 Å². The van der Waals surface area contributed by atoms with E-state index in [0.29, 0.717) is 5.92 Å². The van der Waals surface area contributed by atoms with Crippen molar-refractivity contribution in [3.63, 3.8) is 0 Å². The van der Waals surface area contributed by atoms with Crippen LogP contribution in [0.1, 0.15) is 23.1 Å². The fraction of sp³-hybridized carbons (Fsp3) is 0.0667. The van der Waals surface area contributed by atoms with Gasteiger partial charge in [0.05, 0.1) is 0 Å². The van der Waals surface area contributed by atoms with Crippen molar-refractivity contribution in [3.05, 3.63) is 174 Å². The Bertz CT molecular complexity index is 2530. The lowest BCUT2D eigenvalue weighted by Crippen LogP contribution is -2.17. The average molecular weight is 571 g/mol. The standard InChI is InChI=1S/C45H30/c1-2-13-32-26-34(21-20-29(32)10-1)33-14-9-15-35(27-33)42-38-17-6-7-18-39(38)44(40-25-23-30-11-3-5-16-37(30)43(40)42)45-28-36(45)24-22-31-12-4-8-19-41(31)45/h1-27,36H,28H2. The topological polar surface area (TPSA) is 0 Å². The Balaban J connectivity index is 1.31. The van der Waals surface area contributed by atoms with Crippen LogP contribution in [-0.4, -0.2) is 0 Å². The number of fused-ring (bicyclic) bond motifs is 8. The lowest BCUT2D eigenvalue weighted by molar-refractivity contribution is 0.796. The molecule has 0 aromatic heterocycles. The Kier molecular flexibility index (Phi) is 5.14. The minimum absolute atomic E-state index is 0.00285. The SMILES string of the molecule is C1=CC2CC2(c2c3ccccc3c(-c3cccc(-c4ccc5ccccc5c4)c3)c3c2ccc2ccccc23)c2ccccc21. The fourth-order valence-electron chi connectivity index (χ4n) is 8.47. The molecule has 0 radical (unpaired) electrons. The van der Waals surface area contributed by atoms with E-state index in [0.717, 1.165) is 6.42 Å². The van der Waals surface area contributed by atoms with Crippen LogP contribution >= 0.6 is 0 Å². The van der Waals surface area contributed by atoms with E-state index in [4.69, 9.17) is 0 Å². The molecule has 0 spiro atoms. The second-order valence-electron chi connectivity index (χ2n) is 12.9. The van der Waals surface area contributed by atoms with Crippen molar-refractivity contribution in [2.45, 2.75) is 11.8 Å². The molecule has 2 aliphatic carbocycles. The molecule has 0 heterocycles. The van der Waals surface area contributed by atoms with Gasteiger partial charge in [-0.3, -0.25) is 0 Å². The Labute approximate surface area is 262 Å². The second-order valence-corrected chi connectivity index (χ2v) is 12.9. The summed E-state index contributed by atoms with van der Waals surface area (Å²) in [4.78, 5) is 0. The average Bonchev–Trinajstić information content (AvgIpc) is 3.86. The summed E-state index contributed by atoms with van der Waals surface area (Å²) in [6.07, 6.45) is 5.96. The first kappa shape index (κ1) is 24.9. The van der Waals surface area contributed by atoms with Crippen LogP contribution in [0.4, 0.5) is 0 Å². The summed E-state index contributed by atoms with van der Waals surface area (Å²) >= 11 is 0. The van der Waals surface area contributed by atoms with Gasteiger partial charge < -0.3 is 0 Å². The lowest BCUT2D eigenvalue weighted by atomic mass is 9.74. The molecule has 0 saturated heterocycles. The van der Waals surface area contributed by atoms with Gasteiger partial charge in [-0.15, -0.1) is 0 Å². The van der Waals surface area contributed by atoms with Crippen molar-refractivity contribution in [1.29, 1.82) is 0 Å². The van der Waals surface area contributed by atoms with Crippen molar-refractivity contribution >= 4 is 49.2 Å². The van der Waals surface area contributed by atoms with Crippen molar-refractivity contribution < 1.29 is 0 Å². The van der Waals surface area contributed by atoms with Crippen LogP contribution in [0.5, 0.6) is 0 Å². The van der Waals surface area contributed by atoms with Crippen LogP contribution in [0.3, 0.4) is 0 Å². The van der Waals surface area contributed by atoms with E-state index in [1.807, 2.05) is 0 Å². The number of rotatable bonds is 3. The normalized spacial score (nSPS) is 18.4. The first-order valence-corrected chi connectivity index (χ1v) is 16.0. The molecule has 45 heavy (non-hydrogen) atoms. The molecule has 8 aromatic rings. The van der Waals surface area contributed by atoms with Gasteiger partial charge in [0.1, 0.15) is 0 Å². The first-order chi connectivity index (χ1) is 22.3. The van der Waals surface area contributed by atoms with Gasteiger partial charge >= 0.3 is 0 Å². The van der Waals surface area contributed by atoms with Crippen molar-refractivity contribution in [3.8, 4) is 22.3 Å². The molecule has 210 valence electrons. The van der Waals surface area contributed by atoms with Crippen LogP contribution in [0.25, 0.3) is 71.4 Å². The Hall–Kier alpha value is -5.46. The van der Waals surface area contributed by atoms with E-state index in [1.165, 1.54) is 82.0 Å². The monoisotopic (exact) mass is 570 g/mol. The predicted octanol–water partition coefficient (Wildman–Crippen LogP) is 12.0.